The van der Waals surface area contributed by atoms with Crippen molar-refractivity contribution in [3.63, 3.8) is 0 Å². The zero-order valence-electron chi connectivity index (χ0n) is 9.84. The Morgan fingerprint density at radius 2 is 2.18 bits per heavy atom. The van der Waals surface area contributed by atoms with Crippen molar-refractivity contribution < 1.29 is 4.74 Å². The van der Waals surface area contributed by atoms with Crippen LogP contribution in [-0.2, 0) is 6.54 Å². The summed E-state index contributed by atoms with van der Waals surface area (Å²) in [6.07, 6.45) is 2.63. The Bertz CT molecular complexity index is 481. The van der Waals surface area contributed by atoms with Crippen LogP contribution in [0.1, 0.15) is 19.0 Å². The van der Waals surface area contributed by atoms with Crippen LogP contribution in [0.3, 0.4) is 0 Å². The number of rotatable bonds is 5. The van der Waals surface area contributed by atoms with Crippen LogP contribution in [0.5, 0.6) is 5.75 Å². The van der Waals surface area contributed by atoms with Gasteiger partial charge in [-0.1, -0.05) is 24.3 Å². The van der Waals surface area contributed by atoms with Crippen LogP contribution in [0.4, 0.5) is 0 Å². The second-order valence-electron chi connectivity index (χ2n) is 3.66. The molecular weight excluding hydrogens is 216 g/mol. The average molecular weight is 232 g/mol. The van der Waals surface area contributed by atoms with Crippen molar-refractivity contribution in [2.24, 2.45) is 5.73 Å². The number of hydrogen-bond donors (Lipinski definition) is 1. The zero-order valence-corrected chi connectivity index (χ0v) is 9.84. The van der Waals surface area contributed by atoms with Gasteiger partial charge in [-0.25, -0.2) is 4.68 Å². The Morgan fingerprint density at radius 1 is 1.35 bits per heavy atom. The number of benzene rings is 1. The molecule has 0 atom stereocenters. The number of nitrogens with two attached hydrogens (primary N) is 1. The van der Waals surface area contributed by atoms with Gasteiger partial charge in [-0.3, -0.25) is 0 Å². The van der Waals surface area contributed by atoms with Gasteiger partial charge in [0, 0.05) is 6.54 Å². The summed E-state index contributed by atoms with van der Waals surface area (Å²) in [7, 11) is 0. The van der Waals surface area contributed by atoms with Crippen LogP contribution in [-0.4, -0.2) is 21.6 Å². The fourth-order valence-corrected chi connectivity index (χ4v) is 1.56. The van der Waals surface area contributed by atoms with Gasteiger partial charge in [-0.15, -0.1) is 5.10 Å². The molecule has 0 unspecified atom stereocenters. The van der Waals surface area contributed by atoms with E-state index in [1.165, 1.54) is 0 Å². The standard InChI is InChI=1S/C12H16N4O/c1-2-7-17-12-6-4-3-5-11(12)16-10(8-13)9-14-15-16/h3-6,9H,2,7-8,13H2,1H3. The van der Waals surface area contributed by atoms with Gasteiger partial charge >= 0.3 is 0 Å². The molecule has 5 nitrogen and oxygen atoms in total. The maximum atomic E-state index is 5.68. The van der Waals surface area contributed by atoms with E-state index in [1.807, 2.05) is 24.3 Å². The third kappa shape index (κ3) is 2.45. The lowest BCUT2D eigenvalue weighted by Gasteiger charge is -2.11. The third-order valence-corrected chi connectivity index (χ3v) is 2.38. The third-order valence-electron chi connectivity index (χ3n) is 2.38. The Balaban J connectivity index is 2.37. The van der Waals surface area contributed by atoms with Crippen molar-refractivity contribution in [3.05, 3.63) is 36.2 Å². The molecule has 2 rings (SSSR count). The predicted molar refractivity (Wildman–Crippen MR) is 65.0 cm³/mol. The van der Waals surface area contributed by atoms with Gasteiger partial charge in [0.15, 0.2) is 0 Å². The Labute approximate surface area is 100 Å². The minimum Gasteiger partial charge on any atom is -0.491 e. The van der Waals surface area contributed by atoms with Crippen molar-refractivity contribution in [2.75, 3.05) is 6.61 Å². The molecule has 0 aliphatic rings. The first kappa shape index (κ1) is 11.6. The fourth-order valence-electron chi connectivity index (χ4n) is 1.56. The molecule has 1 heterocycles. The van der Waals surface area contributed by atoms with Gasteiger partial charge in [-0.05, 0) is 18.6 Å². The van der Waals surface area contributed by atoms with E-state index in [9.17, 15) is 0 Å². The average Bonchev–Trinajstić information content (AvgIpc) is 2.84. The maximum Gasteiger partial charge on any atom is 0.145 e. The minimum absolute atomic E-state index is 0.398. The first-order valence-electron chi connectivity index (χ1n) is 5.68. The van der Waals surface area contributed by atoms with Crippen LogP contribution in [0.2, 0.25) is 0 Å². The smallest absolute Gasteiger partial charge is 0.145 e. The van der Waals surface area contributed by atoms with E-state index in [0.717, 1.165) is 23.6 Å². The van der Waals surface area contributed by atoms with E-state index >= 15 is 0 Å². The minimum atomic E-state index is 0.398. The molecule has 0 radical (unpaired) electrons. The van der Waals surface area contributed by atoms with Gasteiger partial charge in [-0.2, -0.15) is 0 Å². The summed E-state index contributed by atoms with van der Waals surface area (Å²) >= 11 is 0. The van der Waals surface area contributed by atoms with Gasteiger partial charge < -0.3 is 10.5 Å². The molecule has 0 saturated carbocycles. The van der Waals surface area contributed by atoms with Crippen LogP contribution in [0, 0.1) is 0 Å². The molecule has 0 fully saturated rings. The molecular formula is C12H16N4O. The highest BCUT2D eigenvalue weighted by atomic mass is 16.5. The molecule has 2 aromatic rings. The second kappa shape index (κ2) is 5.45. The molecule has 0 bridgehead atoms. The largest absolute Gasteiger partial charge is 0.491 e. The molecule has 0 amide bonds. The number of para-hydroxylation sites is 2. The van der Waals surface area contributed by atoms with E-state index in [0.29, 0.717) is 13.2 Å². The Hall–Kier alpha value is -1.88. The summed E-state index contributed by atoms with van der Waals surface area (Å²) in [5.74, 6) is 0.801. The maximum absolute atomic E-state index is 5.68. The van der Waals surface area contributed by atoms with Gasteiger partial charge in [0.05, 0.1) is 18.5 Å². The molecule has 2 N–H and O–H groups in total. The van der Waals surface area contributed by atoms with Crippen molar-refractivity contribution in [2.45, 2.75) is 19.9 Å². The lowest BCUT2D eigenvalue weighted by atomic mass is 10.3. The molecule has 0 saturated heterocycles. The molecule has 90 valence electrons. The lowest BCUT2D eigenvalue weighted by Crippen LogP contribution is -2.09. The fraction of sp³-hybridized carbons (Fsp3) is 0.333. The van der Waals surface area contributed by atoms with E-state index in [2.05, 4.69) is 17.2 Å². The Morgan fingerprint density at radius 3 is 2.94 bits per heavy atom. The summed E-state index contributed by atoms with van der Waals surface area (Å²) in [6, 6.07) is 7.75. The highest BCUT2D eigenvalue weighted by molar-refractivity contribution is 5.46. The topological polar surface area (TPSA) is 66.0 Å². The van der Waals surface area contributed by atoms with Crippen LogP contribution >= 0.6 is 0 Å². The van der Waals surface area contributed by atoms with Crippen molar-refractivity contribution >= 4 is 0 Å². The summed E-state index contributed by atoms with van der Waals surface area (Å²) < 4.78 is 7.39. The van der Waals surface area contributed by atoms with E-state index in [1.54, 1.807) is 10.9 Å². The number of hydrogen-bond acceptors (Lipinski definition) is 4. The normalized spacial score (nSPS) is 10.5. The summed E-state index contributed by atoms with van der Waals surface area (Å²) in [4.78, 5) is 0. The van der Waals surface area contributed by atoms with Crippen molar-refractivity contribution in [1.82, 2.24) is 15.0 Å². The predicted octanol–water partition coefficient (Wildman–Crippen LogP) is 1.51. The molecule has 17 heavy (non-hydrogen) atoms. The molecule has 1 aromatic heterocycles. The Kier molecular flexibility index (Phi) is 3.72. The van der Waals surface area contributed by atoms with Crippen molar-refractivity contribution in [1.29, 1.82) is 0 Å². The van der Waals surface area contributed by atoms with Crippen molar-refractivity contribution in [3.8, 4) is 11.4 Å². The number of ether oxygens (including phenoxy) is 1. The molecule has 1 aromatic carbocycles. The first-order chi connectivity index (χ1) is 8.36. The second-order valence-corrected chi connectivity index (χ2v) is 3.66. The van der Waals surface area contributed by atoms with Crippen LogP contribution in [0.15, 0.2) is 30.5 Å². The van der Waals surface area contributed by atoms with Gasteiger partial charge in [0.25, 0.3) is 0 Å². The summed E-state index contributed by atoms with van der Waals surface area (Å²) in [6.45, 7) is 3.15. The SMILES string of the molecule is CCCOc1ccccc1-n1nncc1CN. The highest BCUT2D eigenvalue weighted by Gasteiger charge is 2.09. The van der Waals surface area contributed by atoms with Gasteiger partial charge in [0.2, 0.25) is 0 Å². The number of aromatic nitrogens is 3. The zero-order chi connectivity index (χ0) is 12.1. The summed E-state index contributed by atoms with van der Waals surface area (Å²) in [5.41, 5.74) is 7.37. The van der Waals surface area contributed by atoms with Crippen LogP contribution < -0.4 is 10.5 Å². The quantitative estimate of drug-likeness (QED) is 0.848. The molecule has 5 heteroatoms. The lowest BCUT2D eigenvalue weighted by molar-refractivity contribution is 0.315. The van der Waals surface area contributed by atoms with E-state index < -0.39 is 0 Å². The highest BCUT2D eigenvalue weighted by Crippen LogP contribution is 2.22. The number of nitrogens with zero attached hydrogens (tertiary/aromatic N) is 3. The van der Waals surface area contributed by atoms with Gasteiger partial charge in [0.1, 0.15) is 11.4 Å². The molecule has 0 spiro atoms. The molecule has 0 aliphatic heterocycles. The van der Waals surface area contributed by atoms with E-state index in [4.69, 9.17) is 10.5 Å². The first-order valence-corrected chi connectivity index (χ1v) is 5.68. The monoisotopic (exact) mass is 232 g/mol. The van der Waals surface area contributed by atoms with Crippen LogP contribution in [0.25, 0.3) is 5.69 Å². The summed E-state index contributed by atoms with van der Waals surface area (Å²) in [5, 5.41) is 7.90. The van der Waals surface area contributed by atoms with E-state index in [-0.39, 0.29) is 0 Å². The molecule has 0 aliphatic carbocycles.